The first-order chi connectivity index (χ1) is 9.22. The van der Waals surface area contributed by atoms with Gasteiger partial charge in [-0.15, -0.1) is 5.10 Å². The molecule has 6 nitrogen and oxygen atoms in total. The van der Waals surface area contributed by atoms with E-state index < -0.39 is 0 Å². The number of likely N-dealkylation sites (tertiary alicyclic amines) is 1. The Kier molecular flexibility index (Phi) is 3.33. The predicted molar refractivity (Wildman–Crippen MR) is 71.5 cm³/mol. The molecule has 2 aromatic rings. The summed E-state index contributed by atoms with van der Waals surface area (Å²) >= 11 is 0. The van der Waals surface area contributed by atoms with Gasteiger partial charge in [0.05, 0.1) is 17.9 Å². The van der Waals surface area contributed by atoms with Crippen molar-refractivity contribution >= 4 is 0 Å². The fourth-order valence-corrected chi connectivity index (χ4v) is 2.85. The fraction of sp³-hybridized carbons (Fsp3) is 0.615. The van der Waals surface area contributed by atoms with Crippen molar-refractivity contribution in [1.29, 1.82) is 0 Å². The van der Waals surface area contributed by atoms with Gasteiger partial charge < -0.3 is 0 Å². The number of aryl methyl sites for hydroxylation is 2. The largest absolute Gasteiger partial charge is 0.297 e. The second-order valence-corrected chi connectivity index (χ2v) is 5.33. The molecule has 1 aliphatic rings. The third-order valence-electron chi connectivity index (χ3n) is 3.80. The first-order valence-electron chi connectivity index (χ1n) is 6.79. The quantitative estimate of drug-likeness (QED) is 0.831. The Morgan fingerprint density at radius 3 is 3.00 bits per heavy atom. The number of rotatable bonds is 3. The van der Waals surface area contributed by atoms with E-state index in [1.54, 1.807) is 6.20 Å². The Balaban J connectivity index is 1.67. The topological polar surface area (TPSA) is 51.8 Å². The molecular formula is C13H20N6. The molecular weight excluding hydrogens is 240 g/mol. The summed E-state index contributed by atoms with van der Waals surface area (Å²) in [4.78, 5) is 2.49. The fourth-order valence-electron chi connectivity index (χ4n) is 2.85. The molecule has 1 aliphatic heterocycles. The van der Waals surface area contributed by atoms with Crippen LogP contribution in [0, 0.1) is 6.92 Å². The van der Waals surface area contributed by atoms with E-state index in [0.29, 0.717) is 6.04 Å². The highest BCUT2D eigenvalue weighted by atomic mass is 15.4. The maximum atomic E-state index is 4.41. The Labute approximate surface area is 113 Å². The molecule has 6 heteroatoms. The lowest BCUT2D eigenvalue weighted by molar-refractivity contribution is 0.161. The highest BCUT2D eigenvalue weighted by Gasteiger charge is 2.22. The van der Waals surface area contributed by atoms with E-state index in [9.17, 15) is 0 Å². The lowest BCUT2D eigenvalue weighted by Crippen LogP contribution is -2.36. The zero-order chi connectivity index (χ0) is 13.2. The van der Waals surface area contributed by atoms with Crippen LogP contribution in [0.25, 0.3) is 0 Å². The summed E-state index contributed by atoms with van der Waals surface area (Å²) < 4.78 is 3.88. The summed E-state index contributed by atoms with van der Waals surface area (Å²) in [6.07, 6.45) is 8.23. The Hall–Kier alpha value is -1.69. The highest BCUT2D eigenvalue weighted by Crippen LogP contribution is 2.22. The molecule has 0 saturated carbocycles. The van der Waals surface area contributed by atoms with Crippen LogP contribution in [0.2, 0.25) is 0 Å². The van der Waals surface area contributed by atoms with Crippen LogP contribution in [0.3, 0.4) is 0 Å². The van der Waals surface area contributed by atoms with Gasteiger partial charge in [-0.25, -0.2) is 4.68 Å². The Morgan fingerprint density at radius 1 is 1.42 bits per heavy atom. The van der Waals surface area contributed by atoms with Gasteiger partial charge in [0, 0.05) is 38.1 Å². The second kappa shape index (κ2) is 5.13. The van der Waals surface area contributed by atoms with Gasteiger partial charge in [-0.1, -0.05) is 5.21 Å². The molecule has 0 radical (unpaired) electrons. The van der Waals surface area contributed by atoms with E-state index >= 15 is 0 Å². The third kappa shape index (κ3) is 2.68. The summed E-state index contributed by atoms with van der Waals surface area (Å²) in [5.41, 5.74) is 2.45. The first-order valence-corrected chi connectivity index (χ1v) is 6.79. The van der Waals surface area contributed by atoms with Crippen LogP contribution in [0.15, 0.2) is 18.6 Å². The molecule has 3 heterocycles. The molecule has 2 aromatic heterocycles. The van der Waals surface area contributed by atoms with Gasteiger partial charge in [0.1, 0.15) is 0 Å². The van der Waals surface area contributed by atoms with E-state index in [4.69, 9.17) is 0 Å². The molecule has 1 unspecified atom stereocenters. The maximum Gasteiger partial charge on any atom is 0.0693 e. The van der Waals surface area contributed by atoms with Crippen LogP contribution < -0.4 is 0 Å². The predicted octanol–water partition coefficient (Wildman–Crippen LogP) is 1.16. The highest BCUT2D eigenvalue weighted by molar-refractivity contribution is 5.15. The molecule has 0 aromatic carbocycles. The summed E-state index contributed by atoms with van der Waals surface area (Å²) in [6, 6.07) is 0.452. The van der Waals surface area contributed by atoms with Crippen LogP contribution in [0.4, 0.5) is 0 Å². The molecule has 19 heavy (non-hydrogen) atoms. The van der Waals surface area contributed by atoms with E-state index in [0.717, 1.165) is 25.3 Å². The van der Waals surface area contributed by atoms with Gasteiger partial charge in [-0.05, 0) is 26.3 Å². The molecule has 3 rings (SSSR count). The monoisotopic (exact) mass is 260 g/mol. The van der Waals surface area contributed by atoms with Gasteiger partial charge in [0.2, 0.25) is 0 Å². The van der Waals surface area contributed by atoms with Crippen LogP contribution >= 0.6 is 0 Å². The zero-order valence-electron chi connectivity index (χ0n) is 11.5. The zero-order valence-corrected chi connectivity index (χ0v) is 11.5. The standard InChI is InChI=1S/C13H20N6/c1-11-12(8-17(2)15-11)9-18-6-3-4-13(10-18)19-7-5-14-16-19/h5,7-8,13H,3-4,6,9-10H2,1-2H3. The maximum absolute atomic E-state index is 4.41. The molecule has 1 fully saturated rings. The van der Waals surface area contributed by atoms with Crippen molar-refractivity contribution in [3.05, 3.63) is 29.8 Å². The molecule has 0 aliphatic carbocycles. The number of hydrogen-bond donors (Lipinski definition) is 0. The minimum Gasteiger partial charge on any atom is -0.297 e. The van der Waals surface area contributed by atoms with E-state index in [1.807, 2.05) is 22.6 Å². The second-order valence-electron chi connectivity index (χ2n) is 5.33. The van der Waals surface area contributed by atoms with E-state index in [1.165, 1.54) is 18.4 Å². The van der Waals surface area contributed by atoms with Crippen LogP contribution in [0.1, 0.15) is 30.1 Å². The lowest BCUT2D eigenvalue weighted by Gasteiger charge is -2.32. The van der Waals surface area contributed by atoms with E-state index in [2.05, 4.69) is 33.4 Å². The average Bonchev–Trinajstić information content (AvgIpc) is 3.01. The molecule has 1 atom stereocenters. The van der Waals surface area contributed by atoms with Gasteiger partial charge in [0.15, 0.2) is 0 Å². The van der Waals surface area contributed by atoms with Gasteiger partial charge in [0.25, 0.3) is 0 Å². The molecule has 0 bridgehead atoms. The number of nitrogens with zero attached hydrogens (tertiary/aromatic N) is 6. The van der Waals surface area contributed by atoms with Gasteiger partial charge in [-0.3, -0.25) is 9.58 Å². The normalized spacial score (nSPS) is 20.8. The molecule has 0 amide bonds. The lowest BCUT2D eigenvalue weighted by atomic mass is 10.1. The Morgan fingerprint density at radius 2 is 2.32 bits per heavy atom. The molecule has 1 saturated heterocycles. The smallest absolute Gasteiger partial charge is 0.0693 e. The van der Waals surface area contributed by atoms with Crippen molar-refractivity contribution in [3.63, 3.8) is 0 Å². The van der Waals surface area contributed by atoms with Crippen molar-refractivity contribution in [2.75, 3.05) is 13.1 Å². The van der Waals surface area contributed by atoms with Gasteiger partial charge >= 0.3 is 0 Å². The summed E-state index contributed by atoms with van der Waals surface area (Å²) in [6.45, 7) is 5.25. The van der Waals surface area contributed by atoms with Crippen molar-refractivity contribution in [3.8, 4) is 0 Å². The molecule has 102 valence electrons. The van der Waals surface area contributed by atoms with E-state index in [-0.39, 0.29) is 0 Å². The minimum absolute atomic E-state index is 0.452. The van der Waals surface area contributed by atoms with Crippen LogP contribution in [0.5, 0.6) is 0 Å². The summed E-state index contributed by atoms with van der Waals surface area (Å²) in [5.74, 6) is 0. The first kappa shape index (κ1) is 12.3. The average molecular weight is 260 g/mol. The van der Waals surface area contributed by atoms with Crippen molar-refractivity contribution < 1.29 is 0 Å². The SMILES string of the molecule is Cc1nn(C)cc1CN1CCCC(n2ccnn2)C1. The summed E-state index contributed by atoms with van der Waals surface area (Å²) in [7, 11) is 1.98. The molecule has 0 N–H and O–H groups in total. The summed E-state index contributed by atoms with van der Waals surface area (Å²) in [5, 5.41) is 12.4. The third-order valence-corrected chi connectivity index (χ3v) is 3.80. The molecule has 0 spiro atoms. The van der Waals surface area contributed by atoms with Gasteiger partial charge in [-0.2, -0.15) is 5.10 Å². The minimum atomic E-state index is 0.452. The van der Waals surface area contributed by atoms with Crippen LogP contribution in [-0.4, -0.2) is 42.8 Å². The Bertz CT molecular complexity index is 529. The van der Waals surface area contributed by atoms with Crippen molar-refractivity contribution in [2.24, 2.45) is 7.05 Å². The van der Waals surface area contributed by atoms with Crippen molar-refractivity contribution in [1.82, 2.24) is 29.7 Å². The number of hydrogen-bond acceptors (Lipinski definition) is 4. The van der Waals surface area contributed by atoms with Crippen molar-refractivity contribution in [2.45, 2.75) is 32.4 Å². The number of aromatic nitrogens is 5. The number of piperidine rings is 1. The van der Waals surface area contributed by atoms with Crippen LogP contribution in [-0.2, 0) is 13.6 Å².